The summed E-state index contributed by atoms with van der Waals surface area (Å²) in [6.45, 7) is 7.65. The number of hydrogen-bond donors (Lipinski definition) is 1. The van der Waals surface area contributed by atoms with Crippen molar-refractivity contribution in [2.45, 2.75) is 39.2 Å². The third-order valence-electron chi connectivity index (χ3n) is 3.58. The molecule has 1 amide bonds. The molecular formula is C11H19NO2. The minimum absolute atomic E-state index is 0.0424. The van der Waals surface area contributed by atoms with E-state index in [0.717, 1.165) is 12.8 Å². The van der Waals surface area contributed by atoms with E-state index in [0.29, 0.717) is 17.9 Å². The van der Waals surface area contributed by atoms with Crippen molar-refractivity contribution in [1.82, 2.24) is 5.32 Å². The molecule has 0 aromatic heterocycles. The molecular weight excluding hydrogens is 178 g/mol. The summed E-state index contributed by atoms with van der Waals surface area (Å²) in [4.78, 5) is 11.3. The first kappa shape index (κ1) is 9.97. The summed E-state index contributed by atoms with van der Waals surface area (Å²) >= 11 is 0. The maximum absolute atomic E-state index is 11.3. The molecule has 2 unspecified atom stereocenters. The van der Waals surface area contributed by atoms with E-state index >= 15 is 0 Å². The number of amides is 1. The van der Waals surface area contributed by atoms with E-state index in [-0.39, 0.29) is 18.1 Å². The predicted octanol–water partition coefficient (Wildman–Crippen LogP) is 1.33. The van der Waals surface area contributed by atoms with Crippen LogP contribution in [0.25, 0.3) is 0 Å². The van der Waals surface area contributed by atoms with Gasteiger partial charge >= 0.3 is 0 Å². The number of morpholine rings is 1. The lowest BCUT2D eigenvalue weighted by atomic mass is 9.86. The summed E-state index contributed by atoms with van der Waals surface area (Å²) in [5.74, 6) is 0.558. The molecule has 2 atom stereocenters. The molecule has 2 rings (SSSR count). The molecule has 3 heteroatoms. The Labute approximate surface area is 85.2 Å². The van der Waals surface area contributed by atoms with Crippen molar-refractivity contribution in [2.75, 3.05) is 13.2 Å². The van der Waals surface area contributed by atoms with E-state index in [2.05, 4.69) is 26.1 Å². The van der Waals surface area contributed by atoms with Crippen LogP contribution in [-0.2, 0) is 9.53 Å². The van der Waals surface area contributed by atoms with Crippen LogP contribution in [-0.4, -0.2) is 24.7 Å². The SMILES string of the molecule is CC1CC(C)(C)CC12COCC(=O)N2. The first-order valence-corrected chi connectivity index (χ1v) is 5.32. The highest BCUT2D eigenvalue weighted by atomic mass is 16.5. The number of rotatable bonds is 0. The topological polar surface area (TPSA) is 38.3 Å². The molecule has 0 bridgehead atoms. The normalized spacial score (nSPS) is 41.4. The van der Waals surface area contributed by atoms with Crippen molar-refractivity contribution in [3.05, 3.63) is 0 Å². The standard InChI is InChI=1S/C11H19NO2/c1-8-4-10(2,3)6-11(8)7-14-5-9(13)12-11/h8H,4-7H2,1-3H3,(H,12,13). The maximum atomic E-state index is 11.3. The Bertz CT molecular complexity index is 262. The van der Waals surface area contributed by atoms with Gasteiger partial charge in [0.2, 0.25) is 5.91 Å². The average Bonchev–Trinajstić information content (AvgIpc) is 2.20. The lowest BCUT2D eigenvalue weighted by molar-refractivity contribution is -0.136. The summed E-state index contributed by atoms with van der Waals surface area (Å²) in [6, 6.07) is 0. The lowest BCUT2D eigenvalue weighted by Crippen LogP contribution is -2.58. The summed E-state index contributed by atoms with van der Waals surface area (Å²) < 4.78 is 5.37. The molecule has 1 heterocycles. The molecule has 2 fully saturated rings. The van der Waals surface area contributed by atoms with Gasteiger partial charge in [-0.05, 0) is 24.2 Å². The monoisotopic (exact) mass is 197 g/mol. The number of ether oxygens (including phenoxy) is 1. The molecule has 3 nitrogen and oxygen atoms in total. The molecule has 1 N–H and O–H groups in total. The van der Waals surface area contributed by atoms with Crippen molar-refractivity contribution < 1.29 is 9.53 Å². The van der Waals surface area contributed by atoms with Crippen LogP contribution in [0.4, 0.5) is 0 Å². The van der Waals surface area contributed by atoms with E-state index in [1.807, 2.05) is 0 Å². The second-order valence-corrected chi connectivity index (χ2v) is 5.64. The van der Waals surface area contributed by atoms with E-state index in [4.69, 9.17) is 4.74 Å². The van der Waals surface area contributed by atoms with E-state index in [1.54, 1.807) is 0 Å². The van der Waals surface area contributed by atoms with Gasteiger partial charge in [-0.2, -0.15) is 0 Å². The lowest BCUT2D eigenvalue weighted by Gasteiger charge is -2.38. The third kappa shape index (κ3) is 1.54. The average molecular weight is 197 g/mol. The predicted molar refractivity (Wildman–Crippen MR) is 53.9 cm³/mol. The summed E-state index contributed by atoms with van der Waals surface area (Å²) in [6.07, 6.45) is 2.20. The smallest absolute Gasteiger partial charge is 0.246 e. The van der Waals surface area contributed by atoms with Gasteiger partial charge in [0.05, 0.1) is 12.1 Å². The van der Waals surface area contributed by atoms with Crippen molar-refractivity contribution in [3.63, 3.8) is 0 Å². The fourth-order valence-corrected chi connectivity index (χ4v) is 3.16. The molecule has 0 aromatic carbocycles. The van der Waals surface area contributed by atoms with Crippen LogP contribution in [0.2, 0.25) is 0 Å². The van der Waals surface area contributed by atoms with Crippen LogP contribution in [0.15, 0.2) is 0 Å². The molecule has 1 aliphatic heterocycles. The Kier molecular flexibility index (Phi) is 2.11. The second kappa shape index (κ2) is 2.96. The van der Waals surface area contributed by atoms with Gasteiger partial charge in [-0.3, -0.25) is 4.79 Å². The van der Waals surface area contributed by atoms with Gasteiger partial charge in [0.25, 0.3) is 0 Å². The zero-order valence-electron chi connectivity index (χ0n) is 9.22. The van der Waals surface area contributed by atoms with E-state index in [1.165, 1.54) is 0 Å². The largest absolute Gasteiger partial charge is 0.369 e. The third-order valence-corrected chi connectivity index (χ3v) is 3.58. The number of hydrogen-bond acceptors (Lipinski definition) is 2. The first-order valence-electron chi connectivity index (χ1n) is 5.32. The van der Waals surface area contributed by atoms with Gasteiger partial charge in [-0.15, -0.1) is 0 Å². The van der Waals surface area contributed by atoms with Crippen LogP contribution in [0, 0.1) is 11.3 Å². The number of nitrogens with one attached hydrogen (secondary N) is 1. The molecule has 1 spiro atoms. The van der Waals surface area contributed by atoms with Gasteiger partial charge in [-0.1, -0.05) is 20.8 Å². The van der Waals surface area contributed by atoms with E-state index < -0.39 is 0 Å². The Balaban J connectivity index is 2.19. The van der Waals surface area contributed by atoms with Gasteiger partial charge in [0, 0.05) is 0 Å². The second-order valence-electron chi connectivity index (χ2n) is 5.64. The molecule has 2 aliphatic rings. The fourth-order valence-electron chi connectivity index (χ4n) is 3.16. The van der Waals surface area contributed by atoms with Crippen LogP contribution in [0.1, 0.15) is 33.6 Å². The van der Waals surface area contributed by atoms with E-state index in [9.17, 15) is 4.79 Å². The highest BCUT2D eigenvalue weighted by Gasteiger charge is 2.50. The molecule has 1 saturated carbocycles. The molecule has 0 radical (unpaired) electrons. The van der Waals surface area contributed by atoms with Crippen LogP contribution in [0.3, 0.4) is 0 Å². The Morgan fingerprint density at radius 1 is 1.50 bits per heavy atom. The Morgan fingerprint density at radius 3 is 2.71 bits per heavy atom. The minimum Gasteiger partial charge on any atom is -0.369 e. The minimum atomic E-state index is -0.0845. The van der Waals surface area contributed by atoms with Crippen molar-refractivity contribution >= 4 is 5.91 Å². The molecule has 80 valence electrons. The highest BCUT2D eigenvalue weighted by molar-refractivity contribution is 5.79. The van der Waals surface area contributed by atoms with Gasteiger partial charge in [0.1, 0.15) is 6.61 Å². The molecule has 14 heavy (non-hydrogen) atoms. The zero-order chi connectivity index (χ0) is 10.4. The van der Waals surface area contributed by atoms with Crippen LogP contribution in [0.5, 0.6) is 0 Å². The van der Waals surface area contributed by atoms with Gasteiger partial charge < -0.3 is 10.1 Å². The van der Waals surface area contributed by atoms with Gasteiger partial charge in [0.15, 0.2) is 0 Å². The first-order chi connectivity index (χ1) is 6.44. The van der Waals surface area contributed by atoms with Crippen LogP contribution >= 0.6 is 0 Å². The Hall–Kier alpha value is -0.570. The zero-order valence-corrected chi connectivity index (χ0v) is 9.22. The number of carbonyl (C=O) groups excluding carboxylic acids is 1. The van der Waals surface area contributed by atoms with Crippen molar-refractivity contribution in [2.24, 2.45) is 11.3 Å². The summed E-state index contributed by atoms with van der Waals surface area (Å²) in [7, 11) is 0. The summed E-state index contributed by atoms with van der Waals surface area (Å²) in [5, 5.41) is 3.13. The fraction of sp³-hybridized carbons (Fsp3) is 0.909. The van der Waals surface area contributed by atoms with Crippen LogP contribution < -0.4 is 5.32 Å². The highest BCUT2D eigenvalue weighted by Crippen LogP contribution is 2.48. The van der Waals surface area contributed by atoms with Crippen molar-refractivity contribution in [3.8, 4) is 0 Å². The van der Waals surface area contributed by atoms with Gasteiger partial charge in [-0.25, -0.2) is 0 Å². The Morgan fingerprint density at radius 2 is 2.21 bits per heavy atom. The maximum Gasteiger partial charge on any atom is 0.246 e. The van der Waals surface area contributed by atoms with Crippen molar-refractivity contribution in [1.29, 1.82) is 0 Å². The molecule has 1 aliphatic carbocycles. The number of carbonyl (C=O) groups is 1. The quantitative estimate of drug-likeness (QED) is 0.636. The summed E-state index contributed by atoms with van der Waals surface area (Å²) in [5.41, 5.74) is 0.242. The molecule has 1 saturated heterocycles. The molecule has 0 aromatic rings.